The highest BCUT2D eigenvalue weighted by Crippen LogP contribution is 2.37. The molecule has 0 bridgehead atoms. The number of hydrogen-bond acceptors (Lipinski definition) is 3. The van der Waals surface area contributed by atoms with Gasteiger partial charge in [0.25, 0.3) is 0 Å². The Labute approximate surface area is 143 Å². The number of hydrogen-bond donors (Lipinski definition) is 0. The van der Waals surface area contributed by atoms with E-state index in [9.17, 15) is 13.2 Å². The summed E-state index contributed by atoms with van der Waals surface area (Å²) < 4.78 is 27.1. The molecule has 6 heteroatoms. The molecule has 1 aromatic rings. The molecule has 2 aliphatic heterocycles. The molecule has 1 saturated heterocycles. The smallest absolute Gasteiger partial charge is 0.233 e. The molecule has 0 aromatic heterocycles. The van der Waals surface area contributed by atoms with Gasteiger partial charge < -0.3 is 4.90 Å². The van der Waals surface area contributed by atoms with Crippen molar-refractivity contribution in [3.8, 4) is 0 Å². The van der Waals surface area contributed by atoms with E-state index in [-0.39, 0.29) is 23.7 Å². The van der Waals surface area contributed by atoms with Crippen LogP contribution in [0.15, 0.2) is 24.3 Å². The van der Waals surface area contributed by atoms with Crippen molar-refractivity contribution in [3.05, 3.63) is 35.4 Å². The zero-order chi connectivity index (χ0) is 16.7. The Morgan fingerprint density at radius 3 is 2.62 bits per heavy atom. The minimum absolute atomic E-state index is 0.0133. The van der Waals surface area contributed by atoms with Gasteiger partial charge in [0.15, 0.2) is 0 Å². The topological polar surface area (TPSA) is 57.7 Å². The van der Waals surface area contributed by atoms with Crippen LogP contribution in [0.25, 0.3) is 0 Å². The zero-order valence-corrected chi connectivity index (χ0v) is 14.7. The molecule has 0 spiro atoms. The summed E-state index contributed by atoms with van der Waals surface area (Å²) in [6.45, 7) is 1.01. The summed E-state index contributed by atoms with van der Waals surface area (Å²) in [7, 11) is -3.42. The Kier molecular flexibility index (Phi) is 4.12. The third-order valence-corrected chi connectivity index (χ3v) is 7.49. The van der Waals surface area contributed by atoms with E-state index in [1.54, 1.807) is 9.21 Å². The number of rotatable bonds is 1. The van der Waals surface area contributed by atoms with Crippen LogP contribution in [0.4, 0.5) is 0 Å². The Morgan fingerprint density at radius 2 is 1.83 bits per heavy atom. The molecule has 1 amide bonds. The van der Waals surface area contributed by atoms with E-state index in [4.69, 9.17) is 0 Å². The van der Waals surface area contributed by atoms with Crippen LogP contribution in [0.1, 0.15) is 49.3 Å². The van der Waals surface area contributed by atoms with Crippen molar-refractivity contribution in [1.82, 2.24) is 9.21 Å². The van der Waals surface area contributed by atoms with E-state index >= 15 is 0 Å². The molecule has 3 aliphatic rings. The summed E-state index contributed by atoms with van der Waals surface area (Å²) in [5, 5.41) is 0. The Bertz CT molecular complexity index is 740. The maximum atomic E-state index is 12.9. The summed E-state index contributed by atoms with van der Waals surface area (Å²) in [5.74, 6) is -0.0959. The molecule has 1 saturated carbocycles. The Hall–Kier alpha value is -1.40. The maximum Gasteiger partial charge on any atom is 0.233 e. The maximum absolute atomic E-state index is 12.9. The van der Waals surface area contributed by atoms with Gasteiger partial charge in [-0.1, -0.05) is 43.5 Å². The summed E-state index contributed by atoms with van der Waals surface area (Å²) in [5.41, 5.74) is 2.27. The van der Waals surface area contributed by atoms with Gasteiger partial charge in [-0.3, -0.25) is 4.79 Å². The van der Waals surface area contributed by atoms with Crippen molar-refractivity contribution in [1.29, 1.82) is 0 Å². The van der Waals surface area contributed by atoms with Gasteiger partial charge in [-0.25, -0.2) is 8.42 Å². The highest BCUT2D eigenvalue weighted by Gasteiger charge is 2.43. The van der Waals surface area contributed by atoms with E-state index in [1.165, 1.54) is 12.0 Å². The van der Waals surface area contributed by atoms with Gasteiger partial charge in [0, 0.05) is 19.0 Å². The number of amides is 1. The molecule has 2 fully saturated rings. The number of nitrogens with zero attached hydrogens (tertiary/aromatic N) is 2. The first-order valence-corrected chi connectivity index (χ1v) is 10.5. The SMILES string of the molecule is O=C(C1CCCCC1)N1CC2c3ccccc3CCN2S(=O)(=O)C1. The van der Waals surface area contributed by atoms with Gasteiger partial charge in [0.05, 0.1) is 6.04 Å². The Morgan fingerprint density at radius 1 is 1.08 bits per heavy atom. The first-order chi connectivity index (χ1) is 11.6. The van der Waals surface area contributed by atoms with E-state index in [0.29, 0.717) is 13.1 Å². The fourth-order valence-corrected chi connectivity index (χ4v) is 6.16. The molecule has 1 atom stereocenters. The first kappa shape index (κ1) is 16.1. The van der Waals surface area contributed by atoms with E-state index in [0.717, 1.165) is 37.7 Å². The molecule has 0 N–H and O–H groups in total. The van der Waals surface area contributed by atoms with Crippen molar-refractivity contribution in [3.63, 3.8) is 0 Å². The lowest BCUT2D eigenvalue weighted by molar-refractivity contribution is -0.137. The average molecular weight is 348 g/mol. The zero-order valence-electron chi connectivity index (χ0n) is 13.9. The standard InChI is InChI=1S/C18H24N2O3S/c21-18(15-7-2-1-3-8-15)19-12-17-16-9-5-4-6-14(16)10-11-20(17)24(22,23)13-19/h4-6,9,15,17H,1-3,7-8,10-13H2. The highest BCUT2D eigenvalue weighted by atomic mass is 32.2. The number of carbonyl (C=O) groups is 1. The molecule has 0 radical (unpaired) electrons. The first-order valence-electron chi connectivity index (χ1n) is 8.92. The molecule has 1 aromatic carbocycles. The number of fused-ring (bicyclic) bond motifs is 3. The second kappa shape index (κ2) is 6.15. The van der Waals surface area contributed by atoms with Crippen molar-refractivity contribution < 1.29 is 13.2 Å². The lowest BCUT2D eigenvalue weighted by Gasteiger charge is -2.44. The molecule has 2 heterocycles. The van der Waals surface area contributed by atoms with Crippen molar-refractivity contribution in [2.45, 2.75) is 44.6 Å². The van der Waals surface area contributed by atoms with Crippen LogP contribution in [0, 0.1) is 5.92 Å². The van der Waals surface area contributed by atoms with Crippen LogP contribution in [-0.4, -0.2) is 42.5 Å². The fraction of sp³-hybridized carbons (Fsp3) is 0.611. The molecule has 24 heavy (non-hydrogen) atoms. The number of sulfonamides is 1. The van der Waals surface area contributed by atoms with Gasteiger partial charge in [-0.05, 0) is 30.4 Å². The fourth-order valence-electron chi connectivity index (χ4n) is 4.44. The molecular weight excluding hydrogens is 324 g/mol. The summed E-state index contributed by atoms with van der Waals surface area (Å²) in [6, 6.07) is 7.81. The number of benzene rings is 1. The molecule has 1 aliphatic carbocycles. The van der Waals surface area contributed by atoms with E-state index in [2.05, 4.69) is 6.07 Å². The third kappa shape index (κ3) is 2.75. The van der Waals surface area contributed by atoms with Crippen LogP contribution in [0.2, 0.25) is 0 Å². The Balaban J connectivity index is 1.63. The van der Waals surface area contributed by atoms with Crippen molar-refractivity contribution in [2.24, 2.45) is 5.92 Å². The lowest BCUT2D eigenvalue weighted by atomic mass is 9.88. The summed E-state index contributed by atoms with van der Waals surface area (Å²) in [6.07, 6.45) is 5.90. The average Bonchev–Trinajstić information content (AvgIpc) is 2.61. The normalized spacial score (nSPS) is 27.3. The molecule has 5 nitrogen and oxygen atoms in total. The molecule has 1 unspecified atom stereocenters. The van der Waals surface area contributed by atoms with Gasteiger partial charge >= 0.3 is 0 Å². The van der Waals surface area contributed by atoms with Crippen molar-refractivity contribution in [2.75, 3.05) is 19.0 Å². The minimum atomic E-state index is -3.42. The molecular formula is C18H24N2O3S. The quantitative estimate of drug-likeness (QED) is 0.782. The van der Waals surface area contributed by atoms with Crippen LogP contribution < -0.4 is 0 Å². The third-order valence-electron chi connectivity index (χ3n) is 5.70. The van der Waals surface area contributed by atoms with Gasteiger partial charge in [0.1, 0.15) is 5.88 Å². The molecule has 130 valence electrons. The lowest BCUT2D eigenvalue weighted by Crippen LogP contribution is -2.56. The predicted octanol–water partition coefficient (Wildman–Crippen LogP) is 2.30. The second-order valence-corrected chi connectivity index (χ2v) is 9.10. The predicted molar refractivity (Wildman–Crippen MR) is 91.7 cm³/mol. The van der Waals surface area contributed by atoms with Gasteiger partial charge in [0.2, 0.25) is 15.9 Å². The monoisotopic (exact) mass is 348 g/mol. The summed E-state index contributed by atoms with van der Waals surface area (Å²) in [4.78, 5) is 14.5. The van der Waals surface area contributed by atoms with Gasteiger partial charge in [-0.15, -0.1) is 0 Å². The van der Waals surface area contributed by atoms with Crippen molar-refractivity contribution >= 4 is 15.9 Å². The van der Waals surface area contributed by atoms with E-state index < -0.39 is 10.0 Å². The van der Waals surface area contributed by atoms with Crippen LogP contribution >= 0.6 is 0 Å². The second-order valence-electron chi connectivity index (χ2n) is 7.21. The van der Waals surface area contributed by atoms with Crippen LogP contribution in [-0.2, 0) is 21.2 Å². The molecule has 4 rings (SSSR count). The minimum Gasteiger partial charge on any atom is -0.325 e. The van der Waals surface area contributed by atoms with E-state index in [1.807, 2.05) is 18.2 Å². The van der Waals surface area contributed by atoms with Crippen LogP contribution in [0.3, 0.4) is 0 Å². The number of carbonyl (C=O) groups excluding carboxylic acids is 1. The van der Waals surface area contributed by atoms with Crippen LogP contribution in [0.5, 0.6) is 0 Å². The summed E-state index contributed by atoms with van der Waals surface area (Å²) >= 11 is 0. The van der Waals surface area contributed by atoms with Gasteiger partial charge in [-0.2, -0.15) is 4.31 Å². The highest BCUT2D eigenvalue weighted by molar-refractivity contribution is 7.89. The largest absolute Gasteiger partial charge is 0.325 e.